The Hall–Kier alpha value is -0.0800. The highest BCUT2D eigenvalue weighted by Crippen LogP contribution is 2.29. The molecule has 7 heavy (non-hydrogen) atoms. The Bertz CT molecular complexity index is 72.1. The minimum absolute atomic E-state index is 0.259. The monoisotopic (exact) mass is 101 g/mol. The molecule has 0 atom stereocenters. The van der Waals surface area contributed by atoms with Gasteiger partial charge < -0.3 is 10.8 Å². The van der Waals surface area contributed by atoms with Crippen molar-refractivity contribution in [3.05, 3.63) is 0 Å². The topological polar surface area (TPSA) is 46.2 Å². The molecule has 0 aromatic rings. The standard InChI is InChI=1S/C5H11NO/c1-5(7)2-4(6)3-5/h4,7H,2-3,6H2,1H3. The predicted molar refractivity (Wildman–Crippen MR) is 27.8 cm³/mol. The van der Waals surface area contributed by atoms with Crippen LogP contribution in [-0.4, -0.2) is 16.7 Å². The van der Waals surface area contributed by atoms with Gasteiger partial charge in [0.15, 0.2) is 0 Å². The van der Waals surface area contributed by atoms with Crippen molar-refractivity contribution in [1.82, 2.24) is 0 Å². The molecule has 0 aromatic heterocycles. The van der Waals surface area contributed by atoms with Crippen LogP contribution >= 0.6 is 0 Å². The second-order valence-corrected chi connectivity index (χ2v) is 2.67. The van der Waals surface area contributed by atoms with Gasteiger partial charge in [-0.1, -0.05) is 0 Å². The third kappa shape index (κ3) is 0.924. The highest BCUT2D eigenvalue weighted by molar-refractivity contribution is 4.92. The molecule has 0 unspecified atom stereocenters. The van der Waals surface area contributed by atoms with E-state index in [2.05, 4.69) is 0 Å². The molecule has 0 amide bonds. The minimum atomic E-state index is -0.431. The molecule has 3 N–H and O–H groups in total. The second kappa shape index (κ2) is 1.20. The van der Waals surface area contributed by atoms with Gasteiger partial charge in [-0.25, -0.2) is 0 Å². The van der Waals surface area contributed by atoms with E-state index in [0.717, 1.165) is 12.8 Å². The summed E-state index contributed by atoms with van der Waals surface area (Å²) >= 11 is 0. The summed E-state index contributed by atoms with van der Waals surface area (Å²) in [5.74, 6) is 0. The zero-order valence-electron chi connectivity index (χ0n) is 4.52. The maximum absolute atomic E-state index is 9.00. The number of hydrogen-bond donors (Lipinski definition) is 2. The van der Waals surface area contributed by atoms with E-state index < -0.39 is 5.60 Å². The van der Waals surface area contributed by atoms with E-state index in [0.29, 0.717) is 0 Å². The van der Waals surface area contributed by atoms with Crippen LogP contribution in [0.5, 0.6) is 0 Å². The number of rotatable bonds is 0. The molecule has 0 spiro atoms. The summed E-state index contributed by atoms with van der Waals surface area (Å²) in [7, 11) is 0. The fourth-order valence-corrected chi connectivity index (χ4v) is 1.07. The van der Waals surface area contributed by atoms with Gasteiger partial charge in [-0.15, -0.1) is 0 Å². The lowest BCUT2D eigenvalue weighted by atomic mass is 9.78. The van der Waals surface area contributed by atoms with Gasteiger partial charge in [0.2, 0.25) is 0 Å². The summed E-state index contributed by atoms with van der Waals surface area (Å²) in [6.45, 7) is 1.82. The first-order valence-corrected chi connectivity index (χ1v) is 2.58. The van der Waals surface area contributed by atoms with E-state index in [1.807, 2.05) is 6.92 Å². The first-order chi connectivity index (χ1) is 3.10. The molecule has 0 saturated heterocycles. The molecule has 1 fully saturated rings. The number of nitrogens with two attached hydrogens (primary N) is 1. The van der Waals surface area contributed by atoms with Gasteiger partial charge >= 0.3 is 0 Å². The molecule has 1 aliphatic carbocycles. The molecule has 1 rings (SSSR count). The van der Waals surface area contributed by atoms with Crippen molar-refractivity contribution < 1.29 is 5.11 Å². The van der Waals surface area contributed by atoms with E-state index >= 15 is 0 Å². The van der Waals surface area contributed by atoms with Gasteiger partial charge in [0.25, 0.3) is 0 Å². The molecule has 0 aromatic carbocycles. The van der Waals surface area contributed by atoms with Gasteiger partial charge in [0.1, 0.15) is 0 Å². The highest BCUT2D eigenvalue weighted by Gasteiger charge is 2.35. The Morgan fingerprint density at radius 3 is 2.14 bits per heavy atom. The zero-order chi connectivity index (χ0) is 5.49. The fraction of sp³-hybridized carbons (Fsp3) is 1.00. The Kier molecular flexibility index (Phi) is 0.869. The zero-order valence-corrected chi connectivity index (χ0v) is 4.52. The number of hydrogen-bond acceptors (Lipinski definition) is 2. The van der Waals surface area contributed by atoms with Crippen LogP contribution in [0.4, 0.5) is 0 Å². The molecule has 2 heteroatoms. The fourth-order valence-electron chi connectivity index (χ4n) is 1.07. The van der Waals surface area contributed by atoms with E-state index in [-0.39, 0.29) is 6.04 Å². The lowest BCUT2D eigenvalue weighted by molar-refractivity contribution is -0.0286. The van der Waals surface area contributed by atoms with Crippen LogP contribution in [0, 0.1) is 0 Å². The maximum atomic E-state index is 9.00. The lowest BCUT2D eigenvalue weighted by Gasteiger charge is -2.38. The first kappa shape index (κ1) is 5.06. The molecule has 0 aliphatic heterocycles. The predicted octanol–water partition coefficient (Wildman–Crippen LogP) is -0.142. The van der Waals surface area contributed by atoms with Crippen LogP contribution in [0.2, 0.25) is 0 Å². The van der Waals surface area contributed by atoms with Gasteiger partial charge in [-0.05, 0) is 19.8 Å². The molecular weight excluding hydrogens is 90.1 g/mol. The van der Waals surface area contributed by atoms with Gasteiger partial charge in [0.05, 0.1) is 5.60 Å². The largest absolute Gasteiger partial charge is 0.390 e. The smallest absolute Gasteiger partial charge is 0.0649 e. The van der Waals surface area contributed by atoms with E-state index in [4.69, 9.17) is 10.8 Å². The third-order valence-corrected chi connectivity index (χ3v) is 1.40. The number of aliphatic hydroxyl groups is 1. The first-order valence-electron chi connectivity index (χ1n) is 2.58. The van der Waals surface area contributed by atoms with Crippen molar-refractivity contribution in [3.8, 4) is 0 Å². The molecular formula is C5H11NO. The Morgan fingerprint density at radius 1 is 1.71 bits per heavy atom. The van der Waals surface area contributed by atoms with Gasteiger partial charge in [-0.3, -0.25) is 0 Å². The minimum Gasteiger partial charge on any atom is -0.390 e. The average molecular weight is 101 g/mol. The summed E-state index contributed by atoms with van der Waals surface area (Å²) in [6, 6.07) is 0.259. The summed E-state index contributed by atoms with van der Waals surface area (Å²) in [4.78, 5) is 0. The Balaban J connectivity index is 2.29. The van der Waals surface area contributed by atoms with Crippen molar-refractivity contribution >= 4 is 0 Å². The SMILES string of the molecule is CC1(O)CC(N)C1. The molecule has 42 valence electrons. The van der Waals surface area contributed by atoms with Crippen molar-refractivity contribution in [2.75, 3.05) is 0 Å². The normalized spacial score (nSPS) is 51.0. The summed E-state index contributed by atoms with van der Waals surface area (Å²) in [5.41, 5.74) is 4.96. The second-order valence-electron chi connectivity index (χ2n) is 2.67. The molecule has 0 heterocycles. The Morgan fingerprint density at radius 2 is 2.14 bits per heavy atom. The van der Waals surface area contributed by atoms with Crippen LogP contribution in [0.15, 0.2) is 0 Å². The lowest BCUT2D eigenvalue weighted by Crippen LogP contribution is -2.49. The maximum Gasteiger partial charge on any atom is 0.0649 e. The van der Waals surface area contributed by atoms with Crippen molar-refractivity contribution in [2.24, 2.45) is 5.73 Å². The molecule has 0 radical (unpaired) electrons. The van der Waals surface area contributed by atoms with Crippen LogP contribution in [0.3, 0.4) is 0 Å². The summed E-state index contributed by atoms with van der Waals surface area (Å²) in [5, 5.41) is 9.00. The molecule has 1 saturated carbocycles. The van der Waals surface area contributed by atoms with Crippen LogP contribution in [0.1, 0.15) is 19.8 Å². The van der Waals surface area contributed by atoms with Crippen LogP contribution in [-0.2, 0) is 0 Å². The highest BCUT2D eigenvalue weighted by atomic mass is 16.3. The van der Waals surface area contributed by atoms with E-state index in [1.165, 1.54) is 0 Å². The molecule has 1 aliphatic rings. The summed E-state index contributed by atoms with van der Waals surface area (Å²) in [6.07, 6.45) is 1.54. The van der Waals surface area contributed by atoms with Crippen molar-refractivity contribution in [3.63, 3.8) is 0 Å². The quantitative estimate of drug-likeness (QED) is 0.446. The van der Waals surface area contributed by atoms with E-state index in [9.17, 15) is 0 Å². The Labute approximate surface area is 43.3 Å². The molecule has 0 bridgehead atoms. The summed E-state index contributed by atoms with van der Waals surface area (Å²) < 4.78 is 0. The van der Waals surface area contributed by atoms with Crippen LogP contribution < -0.4 is 5.73 Å². The van der Waals surface area contributed by atoms with Crippen molar-refractivity contribution in [1.29, 1.82) is 0 Å². The van der Waals surface area contributed by atoms with Gasteiger partial charge in [-0.2, -0.15) is 0 Å². The third-order valence-electron chi connectivity index (χ3n) is 1.40. The van der Waals surface area contributed by atoms with E-state index in [1.54, 1.807) is 0 Å². The average Bonchev–Trinajstić information content (AvgIpc) is 1.27. The van der Waals surface area contributed by atoms with Crippen molar-refractivity contribution in [2.45, 2.75) is 31.4 Å². The van der Waals surface area contributed by atoms with Crippen LogP contribution in [0.25, 0.3) is 0 Å². The molecule has 2 nitrogen and oxygen atoms in total. The van der Waals surface area contributed by atoms with Gasteiger partial charge in [0, 0.05) is 6.04 Å².